The minimum absolute atomic E-state index is 0.0307. The van der Waals surface area contributed by atoms with E-state index in [1.165, 1.54) is 27.9 Å². The molecule has 1 N–H and O–H groups in total. The van der Waals surface area contributed by atoms with Gasteiger partial charge in [0.15, 0.2) is 0 Å². The molecule has 168 valence electrons. The smallest absolute Gasteiger partial charge is 0.341 e. The van der Waals surface area contributed by atoms with Gasteiger partial charge in [-0.2, -0.15) is 4.31 Å². The Hall–Kier alpha value is -2.50. The number of thiophene rings is 1. The standard InChI is InChI=1S/C20H25N3O6S2/c1-4-29-20(26)18-13(2)14(3)30-19(18)21-16(24)12-22-11-15(7-8-17(22)25)31(27,28)23-9-5-6-10-23/h7-8,11H,4-6,9-10,12H2,1-3H3,(H,21,24). The van der Waals surface area contributed by atoms with E-state index in [4.69, 9.17) is 4.74 Å². The van der Waals surface area contributed by atoms with E-state index >= 15 is 0 Å². The van der Waals surface area contributed by atoms with Crippen LogP contribution >= 0.6 is 11.3 Å². The number of carbonyl (C=O) groups is 2. The van der Waals surface area contributed by atoms with Crippen LogP contribution in [0, 0.1) is 13.8 Å². The predicted octanol–water partition coefficient (Wildman–Crippen LogP) is 2.13. The Balaban J connectivity index is 1.83. The Morgan fingerprint density at radius 2 is 1.87 bits per heavy atom. The van der Waals surface area contributed by atoms with Crippen molar-refractivity contribution in [3.63, 3.8) is 0 Å². The Morgan fingerprint density at radius 1 is 1.19 bits per heavy atom. The molecule has 2 aromatic rings. The number of nitrogens with zero attached hydrogens (tertiary/aromatic N) is 2. The van der Waals surface area contributed by atoms with Crippen LogP contribution in [0.3, 0.4) is 0 Å². The van der Waals surface area contributed by atoms with Gasteiger partial charge in [0, 0.05) is 30.2 Å². The number of pyridine rings is 1. The van der Waals surface area contributed by atoms with Crippen molar-refractivity contribution in [2.45, 2.75) is 45.1 Å². The second-order valence-corrected chi connectivity index (χ2v) is 10.4. The summed E-state index contributed by atoms with van der Waals surface area (Å²) in [4.78, 5) is 38.0. The second-order valence-electron chi connectivity index (χ2n) is 7.20. The quantitative estimate of drug-likeness (QED) is 0.624. The van der Waals surface area contributed by atoms with Crippen LogP contribution in [-0.4, -0.2) is 48.9 Å². The molecule has 0 atom stereocenters. The Kier molecular flexibility index (Phi) is 6.97. The molecule has 0 aliphatic carbocycles. The van der Waals surface area contributed by atoms with Crippen molar-refractivity contribution in [2.24, 2.45) is 0 Å². The Morgan fingerprint density at radius 3 is 2.52 bits per heavy atom. The summed E-state index contributed by atoms with van der Waals surface area (Å²) in [6, 6.07) is 2.40. The zero-order valence-electron chi connectivity index (χ0n) is 17.6. The van der Waals surface area contributed by atoms with Crippen LogP contribution in [0.1, 0.15) is 40.6 Å². The predicted molar refractivity (Wildman–Crippen MR) is 117 cm³/mol. The van der Waals surface area contributed by atoms with Crippen molar-refractivity contribution < 1.29 is 22.7 Å². The van der Waals surface area contributed by atoms with E-state index in [2.05, 4.69) is 5.32 Å². The summed E-state index contributed by atoms with van der Waals surface area (Å²) in [5.74, 6) is -1.08. The highest BCUT2D eigenvalue weighted by Gasteiger charge is 2.28. The molecular weight excluding hydrogens is 442 g/mol. The summed E-state index contributed by atoms with van der Waals surface area (Å²) in [6.45, 7) is 5.99. The lowest BCUT2D eigenvalue weighted by molar-refractivity contribution is -0.116. The van der Waals surface area contributed by atoms with Gasteiger partial charge in [-0.05, 0) is 45.2 Å². The molecule has 1 fully saturated rings. The van der Waals surface area contributed by atoms with Gasteiger partial charge in [0.05, 0.1) is 17.1 Å². The third-order valence-corrected chi connectivity index (χ3v) is 8.10. The lowest BCUT2D eigenvalue weighted by Crippen LogP contribution is -2.31. The molecule has 1 saturated heterocycles. The van der Waals surface area contributed by atoms with Crippen molar-refractivity contribution >= 4 is 38.2 Å². The topological polar surface area (TPSA) is 115 Å². The number of hydrogen-bond acceptors (Lipinski definition) is 7. The van der Waals surface area contributed by atoms with E-state index in [1.54, 1.807) is 13.8 Å². The van der Waals surface area contributed by atoms with Gasteiger partial charge in [-0.15, -0.1) is 11.3 Å². The fourth-order valence-corrected chi connectivity index (χ4v) is 5.95. The largest absolute Gasteiger partial charge is 0.462 e. The highest BCUT2D eigenvalue weighted by molar-refractivity contribution is 7.89. The zero-order valence-corrected chi connectivity index (χ0v) is 19.3. The van der Waals surface area contributed by atoms with Crippen LogP contribution in [0.15, 0.2) is 28.0 Å². The highest BCUT2D eigenvalue weighted by Crippen LogP contribution is 2.33. The average Bonchev–Trinajstić information content (AvgIpc) is 3.33. The van der Waals surface area contributed by atoms with Crippen LogP contribution in [0.5, 0.6) is 0 Å². The average molecular weight is 468 g/mol. The minimum atomic E-state index is -3.72. The molecule has 9 nitrogen and oxygen atoms in total. The number of anilines is 1. The molecule has 31 heavy (non-hydrogen) atoms. The molecule has 0 spiro atoms. The molecule has 3 rings (SSSR count). The zero-order chi connectivity index (χ0) is 22.8. The van der Waals surface area contributed by atoms with Crippen molar-refractivity contribution in [2.75, 3.05) is 25.0 Å². The van der Waals surface area contributed by atoms with Gasteiger partial charge >= 0.3 is 5.97 Å². The summed E-state index contributed by atoms with van der Waals surface area (Å²) in [5.41, 5.74) is 0.504. The molecule has 0 unspecified atom stereocenters. The Labute approximate surface area is 184 Å². The summed E-state index contributed by atoms with van der Waals surface area (Å²) >= 11 is 1.24. The van der Waals surface area contributed by atoms with Crippen molar-refractivity contribution in [3.05, 3.63) is 44.7 Å². The third kappa shape index (κ3) is 4.89. The van der Waals surface area contributed by atoms with Gasteiger partial charge in [-0.25, -0.2) is 13.2 Å². The number of sulfonamides is 1. The first-order valence-corrected chi connectivity index (χ1v) is 12.2. The molecule has 0 bridgehead atoms. The highest BCUT2D eigenvalue weighted by atomic mass is 32.2. The van der Waals surface area contributed by atoms with E-state index in [1.807, 2.05) is 6.92 Å². The molecule has 3 heterocycles. The van der Waals surface area contributed by atoms with E-state index in [0.29, 0.717) is 18.1 Å². The maximum atomic E-state index is 12.8. The van der Waals surface area contributed by atoms with Crippen molar-refractivity contribution in [1.29, 1.82) is 0 Å². The van der Waals surface area contributed by atoms with Gasteiger partial charge in [-0.3, -0.25) is 9.59 Å². The number of aryl methyl sites for hydroxylation is 1. The fraction of sp³-hybridized carbons (Fsp3) is 0.450. The number of nitrogens with one attached hydrogen (secondary N) is 1. The lowest BCUT2D eigenvalue weighted by atomic mass is 10.1. The first kappa shape index (κ1) is 23.2. The first-order valence-electron chi connectivity index (χ1n) is 9.92. The maximum absolute atomic E-state index is 12.8. The molecule has 2 aromatic heterocycles. The molecule has 1 aliphatic rings. The SMILES string of the molecule is CCOC(=O)c1c(NC(=O)Cn2cc(S(=O)(=O)N3CCCC3)ccc2=O)sc(C)c1C. The number of aromatic nitrogens is 1. The van der Waals surface area contributed by atoms with E-state index in [-0.39, 0.29) is 23.6 Å². The number of carbonyl (C=O) groups excluding carboxylic acids is 2. The van der Waals surface area contributed by atoms with Crippen molar-refractivity contribution in [3.8, 4) is 0 Å². The number of hydrogen-bond donors (Lipinski definition) is 1. The molecule has 1 amide bonds. The van der Waals surface area contributed by atoms with Crippen LogP contribution in [0.25, 0.3) is 0 Å². The molecule has 0 saturated carbocycles. The van der Waals surface area contributed by atoms with Crippen LogP contribution in [0.4, 0.5) is 5.00 Å². The molecular formula is C20H25N3O6S2. The van der Waals surface area contributed by atoms with Crippen molar-refractivity contribution in [1.82, 2.24) is 8.87 Å². The number of esters is 1. The van der Waals surface area contributed by atoms with E-state index in [0.717, 1.165) is 33.9 Å². The Bertz CT molecular complexity index is 1160. The summed E-state index contributed by atoms with van der Waals surface area (Å²) in [5, 5.41) is 3.00. The summed E-state index contributed by atoms with van der Waals surface area (Å²) in [7, 11) is -3.72. The number of rotatable bonds is 7. The minimum Gasteiger partial charge on any atom is -0.462 e. The number of ether oxygens (including phenoxy) is 1. The van der Waals surface area contributed by atoms with Gasteiger partial charge in [0.2, 0.25) is 15.9 Å². The third-order valence-electron chi connectivity index (χ3n) is 5.09. The molecule has 0 aromatic carbocycles. The van der Waals surface area contributed by atoms with Crippen LogP contribution in [0.2, 0.25) is 0 Å². The second kappa shape index (κ2) is 9.33. The molecule has 11 heteroatoms. The monoisotopic (exact) mass is 467 g/mol. The molecule has 1 aliphatic heterocycles. The van der Waals surface area contributed by atoms with E-state index in [9.17, 15) is 22.8 Å². The number of amides is 1. The normalized spacial score (nSPS) is 14.5. The maximum Gasteiger partial charge on any atom is 0.341 e. The van der Waals surface area contributed by atoms with E-state index < -0.39 is 27.5 Å². The fourth-order valence-electron chi connectivity index (χ4n) is 3.35. The van der Waals surface area contributed by atoms with Gasteiger partial charge in [-0.1, -0.05) is 0 Å². The molecule has 0 radical (unpaired) electrons. The van der Waals surface area contributed by atoms with Gasteiger partial charge in [0.1, 0.15) is 11.5 Å². The summed E-state index contributed by atoms with van der Waals surface area (Å²) in [6.07, 6.45) is 2.78. The van der Waals surface area contributed by atoms with Crippen LogP contribution < -0.4 is 10.9 Å². The van der Waals surface area contributed by atoms with Gasteiger partial charge < -0.3 is 14.6 Å². The van der Waals surface area contributed by atoms with Gasteiger partial charge in [0.25, 0.3) is 5.56 Å². The lowest BCUT2D eigenvalue weighted by Gasteiger charge is -2.16. The van der Waals surface area contributed by atoms with Crippen LogP contribution in [-0.2, 0) is 26.1 Å². The summed E-state index contributed by atoms with van der Waals surface area (Å²) < 4.78 is 33.0. The first-order chi connectivity index (χ1) is 14.6.